The van der Waals surface area contributed by atoms with Crippen LogP contribution in [-0.2, 0) is 6.42 Å². The van der Waals surface area contributed by atoms with Gasteiger partial charge >= 0.3 is 5.97 Å². The Bertz CT molecular complexity index is 922. The number of carboxylic acids is 1. The first-order valence-corrected chi connectivity index (χ1v) is 6.99. The Kier molecular flexibility index (Phi) is 3.85. The molecule has 0 unspecified atom stereocenters. The number of hydrogen-bond acceptors (Lipinski definition) is 4. The van der Waals surface area contributed by atoms with Gasteiger partial charge in [-0.1, -0.05) is 18.2 Å². The lowest BCUT2D eigenvalue weighted by Gasteiger charge is -2.05. The Morgan fingerprint density at radius 2 is 1.83 bits per heavy atom. The third kappa shape index (κ3) is 2.94. The van der Waals surface area contributed by atoms with Crippen LogP contribution in [0.15, 0.2) is 57.9 Å². The zero-order valence-electron chi connectivity index (χ0n) is 12.4. The molecule has 0 bridgehead atoms. The van der Waals surface area contributed by atoms with Crippen molar-refractivity contribution in [3.63, 3.8) is 0 Å². The summed E-state index contributed by atoms with van der Waals surface area (Å²) in [5, 5.41) is 9.28. The molecular formula is C18H14O5. The monoisotopic (exact) mass is 310 g/mol. The van der Waals surface area contributed by atoms with Gasteiger partial charge in [-0.15, -0.1) is 0 Å². The second kappa shape index (κ2) is 5.96. The minimum absolute atomic E-state index is 0.274. The summed E-state index contributed by atoms with van der Waals surface area (Å²) in [6, 6.07) is 12.8. The first-order chi connectivity index (χ1) is 11.1. The SMILES string of the molecule is COc1ccc(Cc2ccc3occ(C(=O)O)c(=O)c3c2)cc1. The number of benzene rings is 2. The average molecular weight is 310 g/mol. The molecule has 0 saturated heterocycles. The number of fused-ring (bicyclic) bond motifs is 1. The lowest BCUT2D eigenvalue weighted by molar-refractivity contribution is 0.0693. The molecule has 3 rings (SSSR count). The highest BCUT2D eigenvalue weighted by Crippen LogP contribution is 2.18. The highest BCUT2D eigenvalue weighted by molar-refractivity contribution is 5.91. The largest absolute Gasteiger partial charge is 0.497 e. The molecule has 0 amide bonds. The predicted octanol–water partition coefficient (Wildman–Crippen LogP) is 3.09. The second-order valence-corrected chi connectivity index (χ2v) is 5.14. The van der Waals surface area contributed by atoms with Crippen LogP contribution in [0.3, 0.4) is 0 Å². The van der Waals surface area contributed by atoms with Gasteiger partial charge in [0.25, 0.3) is 0 Å². The van der Waals surface area contributed by atoms with E-state index in [1.165, 1.54) is 0 Å². The van der Waals surface area contributed by atoms with Gasteiger partial charge in [0.15, 0.2) is 0 Å². The fourth-order valence-corrected chi connectivity index (χ4v) is 2.41. The molecular weight excluding hydrogens is 296 g/mol. The Hall–Kier alpha value is -3.08. The smallest absolute Gasteiger partial charge is 0.342 e. The Morgan fingerprint density at radius 1 is 1.13 bits per heavy atom. The van der Waals surface area contributed by atoms with E-state index in [0.29, 0.717) is 12.0 Å². The summed E-state index contributed by atoms with van der Waals surface area (Å²) in [4.78, 5) is 23.2. The fourth-order valence-electron chi connectivity index (χ4n) is 2.41. The van der Waals surface area contributed by atoms with Crippen LogP contribution in [0.2, 0.25) is 0 Å². The van der Waals surface area contributed by atoms with Crippen molar-refractivity contribution in [2.24, 2.45) is 0 Å². The molecule has 2 aromatic carbocycles. The molecule has 0 fully saturated rings. The van der Waals surface area contributed by atoms with E-state index in [1.807, 2.05) is 30.3 Å². The summed E-state index contributed by atoms with van der Waals surface area (Å²) in [7, 11) is 1.61. The molecule has 3 aromatic rings. The summed E-state index contributed by atoms with van der Waals surface area (Å²) in [5.41, 5.74) is 1.44. The number of carboxylic acid groups (broad SMARTS) is 1. The lowest BCUT2D eigenvalue weighted by atomic mass is 10.0. The molecule has 1 aromatic heterocycles. The van der Waals surface area contributed by atoms with Crippen molar-refractivity contribution in [3.05, 3.63) is 75.6 Å². The van der Waals surface area contributed by atoms with Crippen LogP contribution < -0.4 is 10.2 Å². The van der Waals surface area contributed by atoms with Crippen LogP contribution in [0.4, 0.5) is 0 Å². The van der Waals surface area contributed by atoms with Crippen molar-refractivity contribution in [2.75, 3.05) is 7.11 Å². The van der Waals surface area contributed by atoms with E-state index in [1.54, 1.807) is 19.2 Å². The van der Waals surface area contributed by atoms with Gasteiger partial charge in [0.1, 0.15) is 23.2 Å². The maximum atomic E-state index is 12.2. The topological polar surface area (TPSA) is 76.7 Å². The van der Waals surface area contributed by atoms with E-state index in [2.05, 4.69) is 0 Å². The maximum absolute atomic E-state index is 12.2. The van der Waals surface area contributed by atoms with Crippen molar-refractivity contribution in [1.29, 1.82) is 0 Å². The third-order valence-corrected chi connectivity index (χ3v) is 3.63. The quantitative estimate of drug-likeness (QED) is 0.801. The molecule has 1 N–H and O–H groups in total. The first kappa shape index (κ1) is 14.8. The molecule has 0 atom stereocenters. The predicted molar refractivity (Wildman–Crippen MR) is 85.2 cm³/mol. The zero-order valence-corrected chi connectivity index (χ0v) is 12.4. The zero-order chi connectivity index (χ0) is 16.4. The Balaban J connectivity index is 1.99. The number of methoxy groups -OCH3 is 1. The molecule has 0 aliphatic heterocycles. The van der Waals surface area contributed by atoms with Crippen molar-refractivity contribution in [3.8, 4) is 5.75 Å². The third-order valence-electron chi connectivity index (χ3n) is 3.63. The number of carbonyl (C=O) groups is 1. The van der Waals surface area contributed by atoms with Crippen LogP contribution in [0.5, 0.6) is 5.75 Å². The molecule has 0 radical (unpaired) electrons. The van der Waals surface area contributed by atoms with Crippen LogP contribution in [0, 0.1) is 0 Å². The van der Waals surface area contributed by atoms with Gasteiger partial charge in [-0.3, -0.25) is 4.79 Å². The number of aromatic carboxylic acids is 1. The first-order valence-electron chi connectivity index (χ1n) is 6.99. The van der Waals surface area contributed by atoms with Gasteiger partial charge in [-0.05, 0) is 41.8 Å². The van der Waals surface area contributed by atoms with E-state index in [0.717, 1.165) is 23.1 Å². The van der Waals surface area contributed by atoms with Crippen LogP contribution in [0.25, 0.3) is 11.0 Å². The van der Waals surface area contributed by atoms with Gasteiger partial charge < -0.3 is 14.3 Å². The van der Waals surface area contributed by atoms with Crippen molar-refractivity contribution < 1.29 is 19.1 Å². The summed E-state index contributed by atoms with van der Waals surface area (Å²) in [6.07, 6.45) is 1.60. The van der Waals surface area contributed by atoms with Gasteiger partial charge in [0.05, 0.1) is 12.5 Å². The van der Waals surface area contributed by atoms with E-state index >= 15 is 0 Å². The summed E-state index contributed by atoms with van der Waals surface area (Å²) in [6.45, 7) is 0. The minimum Gasteiger partial charge on any atom is -0.497 e. The molecule has 0 spiro atoms. The molecule has 0 saturated carbocycles. The molecule has 1 heterocycles. The minimum atomic E-state index is -1.29. The number of rotatable bonds is 4. The van der Waals surface area contributed by atoms with Crippen LogP contribution in [0.1, 0.15) is 21.5 Å². The van der Waals surface area contributed by atoms with Gasteiger partial charge in [0.2, 0.25) is 5.43 Å². The highest BCUT2D eigenvalue weighted by atomic mass is 16.5. The summed E-state index contributed by atoms with van der Waals surface area (Å²) < 4.78 is 10.3. The molecule has 116 valence electrons. The normalized spacial score (nSPS) is 10.7. The Labute approximate surface area is 131 Å². The maximum Gasteiger partial charge on any atom is 0.342 e. The van der Waals surface area contributed by atoms with Crippen LogP contribution in [-0.4, -0.2) is 18.2 Å². The molecule has 23 heavy (non-hydrogen) atoms. The van der Waals surface area contributed by atoms with Gasteiger partial charge in [-0.25, -0.2) is 4.79 Å². The van der Waals surface area contributed by atoms with Crippen molar-refractivity contribution >= 4 is 16.9 Å². The van der Waals surface area contributed by atoms with Crippen LogP contribution >= 0.6 is 0 Å². The van der Waals surface area contributed by atoms with Gasteiger partial charge in [-0.2, -0.15) is 0 Å². The Morgan fingerprint density at radius 3 is 2.48 bits per heavy atom. The number of hydrogen-bond donors (Lipinski definition) is 1. The lowest BCUT2D eigenvalue weighted by Crippen LogP contribution is -2.14. The second-order valence-electron chi connectivity index (χ2n) is 5.14. The van der Waals surface area contributed by atoms with E-state index in [-0.39, 0.29) is 10.9 Å². The molecule has 0 aliphatic rings. The molecule has 5 heteroatoms. The molecule has 0 aliphatic carbocycles. The van der Waals surface area contributed by atoms with E-state index in [9.17, 15) is 9.59 Å². The fraction of sp³-hybridized carbons (Fsp3) is 0.111. The van der Waals surface area contributed by atoms with E-state index in [4.69, 9.17) is 14.3 Å². The summed E-state index contributed by atoms with van der Waals surface area (Å²) >= 11 is 0. The van der Waals surface area contributed by atoms with Crippen molar-refractivity contribution in [1.82, 2.24) is 0 Å². The van der Waals surface area contributed by atoms with Crippen molar-refractivity contribution in [2.45, 2.75) is 6.42 Å². The highest BCUT2D eigenvalue weighted by Gasteiger charge is 2.13. The van der Waals surface area contributed by atoms with E-state index < -0.39 is 11.4 Å². The standard InChI is InChI=1S/C18H14O5/c1-22-13-5-2-11(3-6-13)8-12-4-7-16-14(9-12)17(19)15(10-23-16)18(20)21/h2-7,9-10H,8H2,1H3,(H,20,21). The summed E-state index contributed by atoms with van der Waals surface area (Å²) in [5.74, 6) is -0.514. The number of ether oxygens (including phenoxy) is 1. The van der Waals surface area contributed by atoms with Gasteiger partial charge in [0, 0.05) is 0 Å². The molecule has 5 nitrogen and oxygen atoms in total. The average Bonchev–Trinajstić information content (AvgIpc) is 2.56.